The molecule has 126 valence electrons. The minimum absolute atomic E-state index is 0.0374. The van der Waals surface area contributed by atoms with Crippen molar-refractivity contribution >= 4 is 15.7 Å². The van der Waals surface area contributed by atoms with Gasteiger partial charge in [0.1, 0.15) is 0 Å². The van der Waals surface area contributed by atoms with Crippen molar-refractivity contribution in [2.24, 2.45) is 5.92 Å². The van der Waals surface area contributed by atoms with Crippen molar-refractivity contribution in [3.8, 4) is 0 Å². The Morgan fingerprint density at radius 3 is 2.67 bits per heavy atom. The first-order chi connectivity index (χ1) is 11.6. The predicted octanol–water partition coefficient (Wildman–Crippen LogP) is 2.41. The molecule has 24 heavy (non-hydrogen) atoms. The van der Waals surface area contributed by atoms with E-state index in [4.69, 9.17) is 0 Å². The van der Waals surface area contributed by atoms with Crippen LogP contribution >= 0.6 is 0 Å². The summed E-state index contributed by atoms with van der Waals surface area (Å²) >= 11 is 0. The first-order valence-corrected chi connectivity index (χ1v) is 9.68. The van der Waals surface area contributed by atoms with E-state index in [0.717, 1.165) is 12.8 Å². The van der Waals surface area contributed by atoms with Crippen LogP contribution in [0.2, 0.25) is 0 Å². The fourth-order valence-electron chi connectivity index (χ4n) is 3.09. The van der Waals surface area contributed by atoms with Crippen LogP contribution in [0, 0.1) is 5.92 Å². The summed E-state index contributed by atoms with van der Waals surface area (Å²) in [6.07, 6.45) is 4.82. The van der Waals surface area contributed by atoms with Gasteiger partial charge in [-0.1, -0.05) is 18.2 Å². The van der Waals surface area contributed by atoms with Gasteiger partial charge in [-0.3, -0.25) is 9.78 Å². The van der Waals surface area contributed by atoms with Crippen molar-refractivity contribution in [3.63, 3.8) is 0 Å². The second-order valence-corrected chi connectivity index (χ2v) is 8.13. The SMILES string of the molecule is O=C(c1cccnc1)N1CCCC(CS(=O)(=O)c2ccccc2)C1. The van der Waals surface area contributed by atoms with E-state index in [2.05, 4.69) is 4.98 Å². The Morgan fingerprint density at radius 2 is 1.96 bits per heavy atom. The number of aromatic nitrogens is 1. The predicted molar refractivity (Wildman–Crippen MR) is 91.4 cm³/mol. The number of nitrogens with zero attached hydrogens (tertiary/aromatic N) is 2. The number of carbonyl (C=O) groups is 1. The van der Waals surface area contributed by atoms with E-state index >= 15 is 0 Å². The lowest BCUT2D eigenvalue weighted by molar-refractivity contribution is 0.0684. The Kier molecular flexibility index (Phi) is 4.94. The van der Waals surface area contributed by atoms with Gasteiger partial charge in [0, 0.05) is 25.5 Å². The monoisotopic (exact) mass is 344 g/mol. The van der Waals surface area contributed by atoms with Crippen LogP contribution in [0.5, 0.6) is 0 Å². The third-order valence-electron chi connectivity index (χ3n) is 4.27. The molecular formula is C18H20N2O3S. The highest BCUT2D eigenvalue weighted by Gasteiger charge is 2.28. The molecule has 1 saturated heterocycles. The Morgan fingerprint density at radius 1 is 1.17 bits per heavy atom. The Labute approximate surface area is 142 Å². The van der Waals surface area contributed by atoms with Crippen LogP contribution in [0.15, 0.2) is 59.8 Å². The summed E-state index contributed by atoms with van der Waals surface area (Å²) in [6, 6.07) is 12.0. The van der Waals surface area contributed by atoms with E-state index < -0.39 is 9.84 Å². The van der Waals surface area contributed by atoms with Crippen LogP contribution < -0.4 is 0 Å². The molecule has 0 bridgehead atoms. The summed E-state index contributed by atoms with van der Waals surface area (Å²) in [7, 11) is -3.32. The second-order valence-electron chi connectivity index (χ2n) is 6.10. The fraction of sp³-hybridized carbons (Fsp3) is 0.333. The summed E-state index contributed by atoms with van der Waals surface area (Å²) in [6.45, 7) is 1.13. The normalized spacial score (nSPS) is 18.3. The van der Waals surface area contributed by atoms with Crippen molar-refractivity contribution < 1.29 is 13.2 Å². The number of piperidine rings is 1. The minimum Gasteiger partial charge on any atom is -0.338 e. The number of likely N-dealkylation sites (tertiary alicyclic amines) is 1. The van der Waals surface area contributed by atoms with E-state index in [0.29, 0.717) is 23.5 Å². The molecule has 0 saturated carbocycles. The van der Waals surface area contributed by atoms with Crippen LogP contribution in [0.1, 0.15) is 23.2 Å². The molecule has 0 spiro atoms. The molecule has 0 N–H and O–H groups in total. The molecule has 3 rings (SSSR count). The summed E-state index contributed by atoms with van der Waals surface area (Å²) in [4.78, 5) is 18.6. The largest absolute Gasteiger partial charge is 0.338 e. The molecule has 2 heterocycles. The molecule has 1 aromatic carbocycles. The van der Waals surface area contributed by atoms with Crippen molar-refractivity contribution in [2.45, 2.75) is 17.7 Å². The topological polar surface area (TPSA) is 67.3 Å². The van der Waals surface area contributed by atoms with Gasteiger partial charge in [-0.2, -0.15) is 0 Å². The van der Waals surface area contributed by atoms with Crippen LogP contribution in [0.3, 0.4) is 0 Å². The van der Waals surface area contributed by atoms with Crippen LogP contribution in [-0.2, 0) is 9.84 Å². The van der Waals surface area contributed by atoms with E-state index in [1.807, 2.05) is 0 Å². The van der Waals surface area contributed by atoms with Gasteiger partial charge < -0.3 is 4.90 Å². The standard InChI is InChI=1S/C18H20N2O3S/c21-18(16-7-4-10-19-12-16)20-11-5-6-15(13-20)14-24(22,23)17-8-2-1-3-9-17/h1-4,7-10,12,15H,5-6,11,13-14H2. The fourth-order valence-corrected chi connectivity index (χ4v) is 4.75. The molecule has 1 aliphatic rings. The number of hydrogen-bond donors (Lipinski definition) is 0. The highest BCUT2D eigenvalue weighted by molar-refractivity contribution is 7.91. The number of hydrogen-bond acceptors (Lipinski definition) is 4. The van der Waals surface area contributed by atoms with E-state index in [1.54, 1.807) is 59.8 Å². The Hall–Kier alpha value is -2.21. The molecule has 5 nitrogen and oxygen atoms in total. The molecule has 0 aliphatic carbocycles. The number of pyridine rings is 1. The quantitative estimate of drug-likeness (QED) is 0.854. The van der Waals surface area contributed by atoms with Gasteiger partial charge in [0.25, 0.3) is 5.91 Å². The van der Waals surface area contributed by atoms with Crippen LogP contribution in [-0.4, -0.2) is 43.1 Å². The average molecular weight is 344 g/mol. The minimum atomic E-state index is -3.32. The first kappa shape index (κ1) is 16.6. The van der Waals surface area contributed by atoms with E-state index in [1.165, 1.54) is 0 Å². The van der Waals surface area contributed by atoms with Gasteiger partial charge >= 0.3 is 0 Å². The molecule has 1 aromatic heterocycles. The van der Waals surface area contributed by atoms with Crippen molar-refractivity contribution in [3.05, 3.63) is 60.4 Å². The second kappa shape index (κ2) is 7.13. The maximum atomic E-state index is 12.5. The smallest absolute Gasteiger partial charge is 0.255 e. The lowest BCUT2D eigenvalue weighted by Crippen LogP contribution is -2.41. The average Bonchev–Trinajstić information content (AvgIpc) is 2.62. The van der Waals surface area contributed by atoms with Gasteiger partial charge in [-0.15, -0.1) is 0 Å². The van der Waals surface area contributed by atoms with Gasteiger partial charge in [0.2, 0.25) is 0 Å². The number of amides is 1. The highest BCUT2D eigenvalue weighted by atomic mass is 32.2. The highest BCUT2D eigenvalue weighted by Crippen LogP contribution is 2.23. The van der Waals surface area contributed by atoms with Crippen molar-refractivity contribution in [2.75, 3.05) is 18.8 Å². The molecule has 2 aromatic rings. The summed E-state index contributed by atoms with van der Waals surface area (Å²) in [5.41, 5.74) is 0.545. The first-order valence-electron chi connectivity index (χ1n) is 8.03. The number of carbonyl (C=O) groups excluding carboxylic acids is 1. The Balaban J connectivity index is 1.69. The van der Waals surface area contributed by atoms with E-state index in [-0.39, 0.29) is 17.6 Å². The zero-order valence-corrected chi connectivity index (χ0v) is 14.2. The van der Waals surface area contributed by atoms with Crippen molar-refractivity contribution in [1.82, 2.24) is 9.88 Å². The third-order valence-corrected chi connectivity index (χ3v) is 6.17. The van der Waals surface area contributed by atoms with Gasteiger partial charge in [0.15, 0.2) is 9.84 Å². The van der Waals surface area contributed by atoms with Crippen molar-refractivity contribution in [1.29, 1.82) is 0 Å². The molecule has 6 heteroatoms. The Bertz CT molecular complexity index is 792. The van der Waals surface area contributed by atoms with Crippen LogP contribution in [0.25, 0.3) is 0 Å². The summed E-state index contributed by atoms with van der Waals surface area (Å²) in [5, 5.41) is 0. The van der Waals surface area contributed by atoms with Gasteiger partial charge in [0.05, 0.1) is 16.2 Å². The zero-order chi connectivity index (χ0) is 17.0. The molecule has 1 atom stereocenters. The number of rotatable bonds is 4. The van der Waals surface area contributed by atoms with Gasteiger partial charge in [-0.25, -0.2) is 8.42 Å². The molecular weight excluding hydrogens is 324 g/mol. The summed E-state index contributed by atoms with van der Waals surface area (Å²) in [5.74, 6) is -0.0390. The van der Waals surface area contributed by atoms with Crippen LogP contribution in [0.4, 0.5) is 0 Å². The third kappa shape index (κ3) is 3.82. The zero-order valence-electron chi connectivity index (χ0n) is 13.3. The molecule has 1 unspecified atom stereocenters. The number of benzene rings is 1. The maximum Gasteiger partial charge on any atom is 0.255 e. The molecule has 0 radical (unpaired) electrons. The summed E-state index contributed by atoms with van der Waals surface area (Å²) < 4.78 is 25.1. The maximum absolute atomic E-state index is 12.5. The molecule has 1 fully saturated rings. The molecule has 1 aliphatic heterocycles. The lowest BCUT2D eigenvalue weighted by Gasteiger charge is -2.32. The van der Waals surface area contributed by atoms with Gasteiger partial charge in [-0.05, 0) is 43.0 Å². The van der Waals surface area contributed by atoms with E-state index in [9.17, 15) is 13.2 Å². The molecule has 1 amide bonds. The lowest BCUT2D eigenvalue weighted by atomic mass is 9.99. The number of sulfone groups is 1.